The van der Waals surface area contributed by atoms with E-state index in [-0.39, 0.29) is 11.3 Å². The van der Waals surface area contributed by atoms with Gasteiger partial charge in [-0.25, -0.2) is 19.1 Å². The number of aromatic nitrogens is 5. The molecule has 0 fully saturated rings. The van der Waals surface area contributed by atoms with Gasteiger partial charge in [0.2, 0.25) is 0 Å². The highest BCUT2D eigenvalue weighted by Gasteiger charge is 2.07. The second kappa shape index (κ2) is 24.0. The van der Waals surface area contributed by atoms with Crippen molar-refractivity contribution in [2.45, 2.75) is 106 Å². The molecule has 53 heavy (non-hydrogen) atoms. The molecular weight excluding hydrogens is 663 g/mol. The molecule has 0 spiro atoms. The third-order valence-electron chi connectivity index (χ3n) is 7.84. The smallest absolute Gasteiger partial charge is 0.354 e. The molecule has 0 saturated heterocycles. The van der Waals surface area contributed by atoms with Crippen molar-refractivity contribution < 1.29 is 24.4 Å². The van der Waals surface area contributed by atoms with Crippen molar-refractivity contribution >= 4 is 11.9 Å². The maximum Gasteiger partial charge on any atom is 0.354 e. The van der Waals surface area contributed by atoms with Gasteiger partial charge in [0.15, 0.2) is 12.4 Å². The van der Waals surface area contributed by atoms with Crippen molar-refractivity contribution in [2.24, 2.45) is 7.05 Å². The highest BCUT2D eigenvalue weighted by molar-refractivity contribution is 5.87. The number of carbonyl (C=O) groups is 2. The molecule has 0 unspecified atom stereocenters. The number of aromatic carboxylic acids is 2. The minimum Gasteiger partial charge on any atom is -0.478 e. The molecule has 0 aliphatic carbocycles. The quantitative estimate of drug-likeness (QED) is 0.159. The van der Waals surface area contributed by atoms with Gasteiger partial charge in [-0.1, -0.05) is 75.3 Å². The van der Waals surface area contributed by atoms with Crippen molar-refractivity contribution in [3.8, 4) is 0 Å². The molecule has 0 bridgehead atoms. The van der Waals surface area contributed by atoms with E-state index >= 15 is 0 Å². The number of aryl methyl sites for hydroxylation is 2. The number of hydrogen-bond acceptors (Lipinski definition) is 6. The Morgan fingerprint density at radius 1 is 0.585 bits per heavy atom. The molecule has 0 aliphatic rings. The molecule has 284 valence electrons. The van der Waals surface area contributed by atoms with E-state index in [9.17, 15) is 9.59 Å². The van der Waals surface area contributed by atoms with E-state index in [0.717, 1.165) is 17.0 Å². The summed E-state index contributed by atoms with van der Waals surface area (Å²) in [7, 11) is 2.03. The van der Waals surface area contributed by atoms with E-state index in [4.69, 9.17) is 10.2 Å². The summed E-state index contributed by atoms with van der Waals surface area (Å²) in [6.45, 7) is 23.2. The number of pyridine rings is 5. The summed E-state index contributed by atoms with van der Waals surface area (Å²) in [6, 6.07) is 21.3. The van der Waals surface area contributed by atoms with Crippen LogP contribution in [0.5, 0.6) is 0 Å². The summed E-state index contributed by atoms with van der Waals surface area (Å²) in [4.78, 5) is 37.0. The van der Waals surface area contributed by atoms with E-state index < -0.39 is 11.9 Å². The molecule has 0 aliphatic heterocycles. The van der Waals surface area contributed by atoms with Crippen molar-refractivity contribution in [2.75, 3.05) is 0 Å². The molecule has 9 nitrogen and oxygen atoms in total. The van der Waals surface area contributed by atoms with Gasteiger partial charge in [0.05, 0.1) is 5.56 Å². The van der Waals surface area contributed by atoms with Gasteiger partial charge in [0.1, 0.15) is 12.7 Å². The lowest BCUT2D eigenvalue weighted by Crippen LogP contribution is -2.26. The Labute approximate surface area is 317 Å². The van der Waals surface area contributed by atoms with Gasteiger partial charge in [0, 0.05) is 54.0 Å². The topological polar surface area (TPSA) is 130 Å². The zero-order valence-corrected chi connectivity index (χ0v) is 33.6. The van der Waals surface area contributed by atoms with Crippen LogP contribution in [0.2, 0.25) is 0 Å². The van der Waals surface area contributed by atoms with Crippen LogP contribution in [-0.4, -0.2) is 42.1 Å². The molecule has 9 heteroatoms. The molecule has 0 radical (unpaired) electrons. The number of hydrogen-bond donors (Lipinski definition) is 2. The predicted molar refractivity (Wildman–Crippen MR) is 214 cm³/mol. The minimum absolute atomic E-state index is 0.112. The van der Waals surface area contributed by atoms with Gasteiger partial charge < -0.3 is 10.2 Å². The molecule has 5 aromatic rings. The highest BCUT2D eigenvalue weighted by Crippen LogP contribution is 2.15. The molecule has 0 saturated carbocycles. The average molecular weight is 723 g/mol. The molecule has 2 N–H and O–H groups in total. The molecule has 0 amide bonds. The largest absolute Gasteiger partial charge is 0.478 e. The van der Waals surface area contributed by atoms with E-state index in [0.29, 0.717) is 29.6 Å². The van der Waals surface area contributed by atoms with Crippen molar-refractivity contribution in [3.63, 3.8) is 0 Å². The zero-order valence-electron chi connectivity index (χ0n) is 33.6. The predicted octanol–water partition coefficient (Wildman–Crippen LogP) is 10.2. The van der Waals surface area contributed by atoms with Crippen LogP contribution in [0, 0.1) is 6.92 Å². The third-order valence-corrected chi connectivity index (χ3v) is 7.84. The second-order valence-corrected chi connectivity index (χ2v) is 14.1. The van der Waals surface area contributed by atoms with Crippen LogP contribution >= 0.6 is 0 Å². The highest BCUT2D eigenvalue weighted by atomic mass is 16.4. The fraction of sp³-hybridized carbons (Fsp3) is 0.386. The molecule has 5 aromatic heterocycles. The van der Waals surface area contributed by atoms with Gasteiger partial charge in [-0.15, -0.1) is 0 Å². The van der Waals surface area contributed by atoms with E-state index in [2.05, 4.69) is 98.1 Å². The lowest BCUT2D eigenvalue weighted by Gasteiger charge is -2.04. The van der Waals surface area contributed by atoms with Gasteiger partial charge in [0.25, 0.3) is 0 Å². The fourth-order valence-electron chi connectivity index (χ4n) is 4.33. The number of carboxylic acids is 2. The summed E-state index contributed by atoms with van der Waals surface area (Å²) in [5.74, 6) is 0.573. The summed E-state index contributed by atoms with van der Waals surface area (Å²) >= 11 is 0. The number of carboxylic acid groups (broad SMARTS) is 2. The third kappa shape index (κ3) is 18.7. The Morgan fingerprint density at radius 3 is 1.51 bits per heavy atom. The Bertz CT molecular complexity index is 1770. The molecular formula is C44H60N5O4+. The van der Waals surface area contributed by atoms with Gasteiger partial charge >= 0.3 is 11.9 Å². The lowest BCUT2D eigenvalue weighted by atomic mass is 10.0. The van der Waals surface area contributed by atoms with Crippen molar-refractivity contribution in [1.82, 2.24) is 19.9 Å². The van der Waals surface area contributed by atoms with E-state index in [1.165, 1.54) is 29.2 Å². The van der Waals surface area contributed by atoms with Crippen LogP contribution in [0.3, 0.4) is 0 Å². The van der Waals surface area contributed by atoms with Crippen LogP contribution < -0.4 is 4.57 Å². The van der Waals surface area contributed by atoms with Crippen LogP contribution in [0.15, 0.2) is 104 Å². The average Bonchev–Trinajstić information content (AvgIpc) is 3.13. The molecule has 0 aromatic carbocycles. The summed E-state index contributed by atoms with van der Waals surface area (Å²) in [5.41, 5.74) is 7.30. The van der Waals surface area contributed by atoms with Crippen LogP contribution in [0.4, 0.5) is 0 Å². The second-order valence-electron chi connectivity index (χ2n) is 14.1. The number of rotatable bonds is 7. The molecule has 5 rings (SSSR count). The zero-order chi connectivity index (χ0) is 40.1. The first-order valence-corrected chi connectivity index (χ1v) is 18.1. The lowest BCUT2D eigenvalue weighted by molar-refractivity contribution is -0.671. The van der Waals surface area contributed by atoms with Crippen LogP contribution in [0.25, 0.3) is 0 Å². The summed E-state index contributed by atoms with van der Waals surface area (Å²) in [6.07, 6.45) is 10.7. The van der Waals surface area contributed by atoms with Crippen molar-refractivity contribution in [3.05, 3.63) is 149 Å². The summed E-state index contributed by atoms with van der Waals surface area (Å²) in [5, 5.41) is 17.2. The van der Waals surface area contributed by atoms with E-state index in [1.807, 2.05) is 82.9 Å². The van der Waals surface area contributed by atoms with Gasteiger partial charge in [-0.3, -0.25) is 15.0 Å². The van der Waals surface area contributed by atoms with E-state index in [1.54, 1.807) is 18.2 Å². The standard InChI is InChI=1S/2C9H11NO2.C9H14N.C9H13N.C8H11N/c1-6(2)8-4-3-7(5-10-8)9(11)12;1-6(2)7-3-4-10-8(5-7)9(11)12;1-8(2)9-4-6-10(3)7-5-9;1-7(2)9-6-4-5-8(3)10-9;1-7(2)8-3-5-9-6-4-8/h2*3-6H,1-2H3,(H,11,12);4-8H,1-3H3;4-7H,1-3H3;3-7H,1-2H3/q;;+1;;. The maximum absolute atomic E-state index is 10.5. The first-order chi connectivity index (χ1) is 24.9. The minimum atomic E-state index is -0.975. The number of nitrogens with zero attached hydrogens (tertiary/aromatic N) is 5. The first-order valence-electron chi connectivity index (χ1n) is 18.1. The Balaban J connectivity index is 0.000000333. The van der Waals surface area contributed by atoms with Gasteiger partial charge in [-0.05, 0) is 102 Å². The molecule has 5 heterocycles. The monoisotopic (exact) mass is 722 g/mol. The van der Waals surface area contributed by atoms with Gasteiger partial charge in [-0.2, -0.15) is 0 Å². The Kier molecular flexibility index (Phi) is 20.7. The fourth-order valence-corrected chi connectivity index (χ4v) is 4.33. The first kappa shape index (κ1) is 45.7. The van der Waals surface area contributed by atoms with Crippen LogP contribution in [0.1, 0.15) is 153 Å². The normalized spacial score (nSPS) is 10.3. The maximum atomic E-state index is 10.5. The Hall–Kier alpha value is -5.31. The van der Waals surface area contributed by atoms with Crippen molar-refractivity contribution in [1.29, 1.82) is 0 Å². The molecule has 0 atom stereocenters. The Morgan fingerprint density at radius 2 is 1.11 bits per heavy atom. The summed E-state index contributed by atoms with van der Waals surface area (Å²) < 4.78 is 2.05. The SMILES string of the molecule is CC(C)c1cc[n+](C)cc1.CC(C)c1ccc(C(=O)O)cn1.CC(C)c1ccnc(C(=O)O)c1.CC(C)c1ccncc1.Cc1cccc(C(C)C)n1. The van der Waals surface area contributed by atoms with Crippen LogP contribution in [-0.2, 0) is 7.05 Å².